The number of pyridine rings is 1. The van der Waals surface area contributed by atoms with Crippen LogP contribution in [0.25, 0.3) is 10.8 Å². The van der Waals surface area contributed by atoms with Gasteiger partial charge in [0.05, 0.1) is 0 Å². The molecule has 2 fully saturated rings. The summed E-state index contributed by atoms with van der Waals surface area (Å²) in [7, 11) is 0. The number of hydrogen-bond acceptors (Lipinski definition) is 3. The van der Waals surface area contributed by atoms with Gasteiger partial charge in [-0.3, -0.25) is 0 Å². The van der Waals surface area contributed by atoms with Crippen molar-refractivity contribution in [1.82, 2.24) is 4.98 Å². The number of nitrogens with zero attached hydrogens (tertiary/aromatic N) is 1. The van der Waals surface area contributed by atoms with Gasteiger partial charge >= 0.3 is 0 Å². The lowest BCUT2D eigenvalue weighted by atomic mass is 9.98. The summed E-state index contributed by atoms with van der Waals surface area (Å²) in [5.74, 6) is 0.812. The Bertz CT molecular complexity index is 672. The SMILES string of the molecule is Cc1cnc(OC2CCCCC2)c2cccc(NC3CC3)c12. The van der Waals surface area contributed by atoms with E-state index >= 15 is 0 Å². The summed E-state index contributed by atoms with van der Waals surface area (Å²) in [4.78, 5) is 4.59. The van der Waals surface area contributed by atoms with Gasteiger partial charge in [-0.15, -0.1) is 0 Å². The minimum absolute atomic E-state index is 0.340. The van der Waals surface area contributed by atoms with Crippen molar-refractivity contribution in [3.8, 4) is 5.88 Å². The number of aryl methyl sites for hydroxylation is 1. The van der Waals surface area contributed by atoms with Crippen LogP contribution in [0.15, 0.2) is 24.4 Å². The number of nitrogens with one attached hydrogen (secondary N) is 1. The van der Waals surface area contributed by atoms with Crippen LogP contribution in [0.4, 0.5) is 5.69 Å². The topological polar surface area (TPSA) is 34.1 Å². The van der Waals surface area contributed by atoms with Gasteiger partial charge in [0, 0.05) is 28.7 Å². The Labute approximate surface area is 132 Å². The summed E-state index contributed by atoms with van der Waals surface area (Å²) in [6.45, 7) is 2.14. The lowest BCUT2D eigenvalue weighted by Crippen LogP contribution is -2.20. The molecule has 0 bridgehead atoms. The second-order valence-electron chi connectivity index (χ2n) is 6.77. The van der Waals surface area contributed by atoms with Gasteiger partial charge in [-0.25, -0.2) is 4.98 Å². The Morgan fingerprint density at radius 3 is 2.68 bits per heavy atom. The average Bonchev–Trinajstić information content (AvgIpc) is 3.35. The standard InChI is InChI=1S/C19H24N2O/c1-13-12-20-19(22-15-6-3-2-4-7-15)16-8-5-9-17(18(13)16)21-14-10-11-14/h5,8-9,12,14-15,21H,2-4,6-7,10-11H2,1H3. The Kier molecular flexibility index (Phi) is 3.65. The molecule has 3 heteroatoms. The second kappa shape index (κ2) is 5.79. The molecule has 0 spiro atoms. The smallest absolute Gasteiger partial charge is 0.221 e. The lowest BCUT2D eigenvalue weighted by Gasteiger charge is -2.23. The van der Waals surface area contributed by atoms with Crippen molar-refractivity contribution in [2.75, 3.05) is 5.32 Å². The molecular formula is C19H24N2O. The van der Waals surface area contributed by atoms with E-state index in [9.17, 15) is 0 Å². The Morgan fingerprint density at radius 1 is 1.09 bits per heavy atom. The van der Waals surface area contributed by atoms with E-state index in [1.54, 1.807) is 0 Å². The van der Waals surface area contributed by atoms with Gasteiger partial charge in [0.25, 0.3) is 0 Å². The first-order valence-corrected chi connectivity index (χ1v) is 8.63. The number of fused-ring (bicyclic) bond motifs is 1. The van der Waals surface area contributed by atoms with Crippen molar-refractivity contribution in [3.05, 3.63) is 30.0 Å². The van der Waals surface area contributed by atoms with E-state index in [-0.39, 0.29) is 0 Å². The molecule has 0 atom stereocenters. The molecule has 4 rings (SSSR count). The van der Waals surface area contributed by atoms with Crippen LogP contribution in [0, 0.1) is 6.92 Å². The van der Waals surface area contributed by atoms with Gasteiger partial charge in [0.15, 0.2) is 0 Å². The van der Waals surface area contributed by atoms with E-state index in [0.717, 1.165) is 24.1 Å². The van der Waals surface area contributed by atoms with Crippen LogP contribution in [-0.2, 0) is 0 Å². The first kappa shape index (κ1) is 13.9. The molecule has 3 nitrogen and oxygen atoms in total. The van der Waals surface area contributed by atoms with Gasteiger partial charge < -0.3 is 10.1 Å². The highest BCUT2D eigenvalue weighted by atomic mass is 16.5. The molecule has 1 aromatic carbocycles. The molecule has 1 aromatic heterocycles. The first-order valence-electron chi connectivity index (χ1n) is 8.63. The van der Waals surface area contributed by atoms with Crippen LogP contribution in [0.1, 0.15) is 50.5 Å². The van der Waals surface area contributed by atoms with Crippen LogP contribution >= 0.6 is 0 Å². The van der Waals surface area contributed by atoms with E-state index in [0.29, 0.717) is 12.1 Å². The molecule has 2 aliphatic rings. The average molecular weight is 296 g/mol. The quantitative estimate of drug-likeness (QED) is 0.877. The lowest BCUT2D eigenvalue weighted by molar-refractivity contribution is 0.151. The van der Waals surface area contributed by atoms with Crippen molar-refractivity contribution in [2.24, 2.45) is 0 Å². The zero-order chi connectivity index (χ0) is 14.9. The highest BCUT2D eigenvalue weighted by Crippen LogP contribution is 2.35. The summed E-state index contributed by atoms with van der Waals surface area (Å²) in [5.41, 5.74) is 2.45. The van der Waals surface area contributed by atoms with E-state index in [4.69, 9.17) is 4.74 Å². The predicted octanol–water partition coefficient (Wildman–Crippen LogP) is 4.83. The molecule has 116 valence electrons. The third-order valence-corrected chi connectivity index (χ3v) is 4.83. The highest BCUT2D eigenvalue weighted by Gasteiger charge is 2.23. The summed E-state index contributed by atoms with van der Waals surface area (Å²) in [5, 5.41) is 6.07. The van der Waals surface area contributed by atoms with E-state index < -0.39 is 0 Å². The third kappa shape index (κ3) is 2.77. The van der Waals surface area contributed by atoms with Crippen LogP contribution < -0.4 is 10.1 Å². The first-order chi connectivity index (χ1) is 10.8. The molecule has 22 heavy (non-hydrogen) atoms. The number of rotatable bonds is 4. The monoisotopic (exact) mass is 296 g/mol. The Hall–Kier alpha value is -1.77. The zero-order valence-corrected chi connectivity index (χ0v) is 13.3. The molecule has 0 amide bonds. The van der Waals surface area contributed by atoms with Crippen LogP contribution in [0.5, 0.6) is 5.88 Å². The normalized spacial score (nSPS) is 19.3. The van der Waals surface area contributed by atoms with E-state index in [1.807, 2.05) is 6.20 Å². The molecular weight excluding hydrogens is 272 g/mol. The molecule has 2 aliphatic carbocycles. The maximum absolute atomic E-state index is 6.26. The van der Waals surface area contributed by atoms with Crippen molar-refractivity contribution in [1.29, 1.82) is 0 Å². The number of ether oxygens (including phenoxy) is 1. The molecule has 0 saturated heterocycles. The van der Waals surface area contributed by atoms with Gasteiger partial charge in [-0.2, -0.15) is 0 Å². The van der Waals surface area contributed by atoms with Crippen LogP contribution in [0.2, 0.25) is 0 Å². The molecule has 2 aromatic rings. The molecule has 0 radical (unpaired) electrons. The summed E-state index contributed by atoms with van der Waals surface area (Å²) in [6, 6.07) is 7.09. The molecule has 2 saturated carbocycles. The number of benzene rings is 1. The summed E-state index contributed by atoms with van der Waals surface area (Å²) >= 11 is 0. The maximum atomic E-state index is 6.26. The third-order valence-electron chi connectivity index (χ3n) is 4.83. The maximum Gasteiger partial charge on any atom is 0.221 e. The number of hydrogen-bond donors (Lipinski definition) is 1. The number of aromatic nitrogens is 1. The Balaban J connectivity index is 1.70. The minimum Gasteiger partial charge on any atom is -0.474 e. The van der Waals surface area contributed by atoms with Crippen molar-refractivity contribution >= 4 is 16.5 Å². The van der Waals surface area contributed by atoms with Crippen molar-refractivity contribution in [3.63, 3.8) is 0 Å². The van der Waals surface area contributed by atoms with Crippen LogP contribution in [-0.4, -0.2) is 17.1 Å². The fourth-order valence-corrected chi connectivity index (χ4v) is 3.45. The molecule has 0 unspecified atom stereocenters. The summed E-state index contributed by atoms with van der Waals surface area (Å²) < 4.78 is 6.26. The van der Waals surface area contributed by atoms with Crippen LogP contribution in [0.3, 0.4) is 0 Å². The zero-order valence-electron chi connectivity index (χ0n) is 13.3. The minimum atomic E-state index is 0.340. The summed E-state index contributed by atoms with van der Waals surface area (Å²) in [6.07, 6.45) is 11.1. The second-order valence-corrected chi connectivity index (χ2v) is 6.77. The molecule has 1 heterocycles. The molecule has 1 N–H and O–H groups in total. The number of anilines is 1. The predicted molar refractivity (Wildman–Crippen MR) is 90.6 cm³/mol. The van der Waals surface area contributed by atoms with E-state index in [2.05, 4.69) is 35.4 Å². The van der Waals surface area contributed by atoms with Gasteiger partial charge in [0.2, 0.25) is 5.88 Å². The van der Waals surface area contributed by atoms with E-state index in [1.165, 1.54) is 48.7 Å². The fraction of sp³-hybridized carbons (Fsp3) is 0.526. The van der Waals surface area contributed by atoms with Crippen molar-refractivity contribution < 1.29 is 4.74 Å². The highest BCUT2D eigenvalue weighted by molar-refractivity contribution is 5.99. The Morgan fingerprint density at radius 2 is 1.91 bits per heavy atom. The van der Waals surface area contributed by atoms with Gasteiger partial charge in [-0.05, 0) is 63.1 Å². The van der Waals surface area contributed by atoms with Gasteiger partial charge in [0.1, 0.15) is 6.10 Å². The fourth-order valence-electron chi connectivity index (χ4n) is 3.45. The van der Waals surface area contributed by atoms with Crippen molar-refractivity contribution in [2.45, 2.75) is 64.0 Å². The van der Waals surface area contributed by atoms with Gasteiger partial charge in [-0.1, -0.05) is 12.5 Å². The molecule has 0 aliphatic heterocycles. The largest absolute Gasteiger partial charge is 0.474 e.